The Balaban J connectivity index is 1.36. The molecule has 0 unspecified atom stereocenters. The number of rotatable bonds is 5. The van der Waals surface area contributed by atoms with Crippen molar-refractivity contribution >= 4 is 5.91 Å². The molecule has 0 atom stereocenters. The summed E-state index contributed by atoms with van der Waals surface area (Å²) in [5.74, 6) is 2.99. The average Bonchev–Trinajstić information content (AvgIpc) is 2.83. The van der Waals surface area contributed by atoms with Crippen LogP contribution in [0.3, 0.4) is 0 Å². The van der Waals surface area contributed by atoms with Crippen LogP contribution in [-0.4, -0.2) is 15.7 Å². The van der Waals surface area contributed by atoms with Crippen molar-refractivity contribution in [3.63, 3.8) is 0 Å². The first-order chi connectivity index (χ1) is 11.0. The number of aryl methyl sites for hydroxylation is 2. The molecule has 1 amide bonds. The number of hydrogen-bond acceptors (Lipinski definition) is 2. The second-order valence-electron chi connectivity index (χ2n) is 8.47. The van der Waals surface area contributed by atoms with Gasteiger partial charge in [0.1, 0.15) is 0 Å². The van der Waals surface area contributed by atoms with Gasteiger partial charge < -0.3 is 5.32 Å². The van der Waals surface area contributed by atoms with Gasteiger partial charge >= 0.3 is 0 Å². The van der Waals surface area contributed by atoms with Crippen LogP contribution in [-0.2, 0) is 17.9 Å². The Bertz CT molecular complexity index is 568. The largest absolute Gasteiger partial charge is 0.352 e. The zero-order valence-electron chi connectivity index (χ0n) is 14.5. The molecule has 4 aliphatic rings. The molecular formula is C19H29N3O. The first-order valence-electron chi connectivity index (χ1n) is 9.35. The third kappa shape index (κ3) is 2.92. The van der Waals surface area contributed by atoms with Crippen molar-refractivity contribution in [1.29, 1.82) is 0 Å². The van der Waals surface area contributed by atoms with Crippen LogP contribution in [0.25, 0.3) is 0 Å². The fourth-order valence-corrected chi connectivity index (χ4v) is 6.00. The molecule has 1 aromatic rings. The lowest BCUT2D eigenvalue weighted by Crippen LogP contribution is -2.47. The molecule has 4 nitrogen and oxygen atoms in total. The Morgan fingerprint density at radius 1 is 1.26 bits per heavy atom. The summed E-state index contributed by atoms with van der Waals surface area (Å²) in [5, 5.41) is 7.61. The molecular weight excluding hydrogens is 286 g/mol. The minimum absolute atomic E-state index is 0.246. The van der Waals surface area contributed by atoms with E-state index in [1.807, 2.05) is 11.6 Å². The van der Waals surface area contributed by atoms with E-state index in [4.69, 9.17) is 0 Å². The maximum atomic E-state index is 12.6. The normalized spacial score (nSPS) is 34.8. The van der Waals surface area contributed by atoms with Gasteiger partial charge in [-0.15, -0.1) is 0 Å². The Labute approximate surface area is 139 Å². The van der Waals surface area contributed by atoms with E-state index in [2.05, 4.69) is 23.5 Å². The second kappa shape index (κ2) is 5.64. The molecule has 23 heavy (non-hydrogen) atoms. The molecule has 4 aliphatic carbocycles. The molecule has 126 valence electrons. The summed E-state index contributed by atoms with van der Waals surface area (Å²) in [6.07, 6.45) is 11.0. The third-order valence-corrected chi connectivity index (χ3v) is 6.55. The number of amides is 1. The summed E-state index contributed by atoms with van der Waals surface area (Å²) in [4.78, 5) is 12.6. The number of carbonyl (C=O) groups is 1. The predicted molar refractivity (Wildman–Crippen MR) is 89.7 cm³/mol. The van der Waals surface area contributed by atoms with E-state index in [1.54, 1.807) is 0 Å². The van der Waals surface area contributed by atoms with Gasteiger partial charge in [-0.05, 0) is 75.5 Å². The molecule has 0 aliphatic heterocycles. The molecule has 1 heterocycles. The number of aromatic nitrogens is 2. The van der Waals surface area contributed by atoms with Crippen molar-refractivity contribution in [3.8, 4) is 0 Å². The molecule has 4 heteroatoms. The summed E-state index contributed by atoms with van der Waals surface area (Å²) in [6.45, 7) is 5.60. The molecule has 5 rings (SSSR count). The smallest absolute Gasteiger partial charge is 0.220 e. The number of carbonyl (C=O) groups excluding carboxylic acids is 1. The van der Waals surface area contributed by atoms with E-state index in [0.29, 0.717) is 12.0 Å². The first kappa shape index (κ1) is 15.2. The standard InChI is InChI=1S/C19H29N3O/c1-3-22-12-17(13(2)21-22)11-20-18(23)10-19-7-14-4-15(8-19)6-16(5-14)9-19/h12,14-16H,3-11H2,1-2H3,(H,20,23). The summed E-state index contributed by atoms with van der Waals surface area (Å²) >= 11 is 0. The highest BCUT2D eigenvalue weighted by Crippen LogP contribution is 2.61. The van der Waals surface area contributed by atoms with Gasteiger partial charge in [-0.25, -0.2) is 0 Å². The van der Waals surface area contributed by atoms with E-state index in [-0.39, 0.29) is 5.91 Å². The van der Waals surface area contributed by atoms with Gasteiger partial charge in [0.15, 0.2) is 0 Å². The second-order valence-corrected chi connectivity index (χ2v) is 8.47. The van der Waals surface area contributed by atoms with E-state index in [0.717, 1.165) is 42.0 Å². The van der Waals surface area contributed by atoms with Gasteiger partial charge in [-0.1, -0.05) is 0 Å². The maximum absolute atomic E-state index is 12.6. The highest BCUT2D eigenvalue weighted by molar-refractivity contribution is 5.76. The minimum atomic E-state index is 0.246. The quantitative estimate of drug-likeness (QED) is 0.905. The fourth-order valence-electron chi connectivity index (χ4n) is 6.00. The molecule has 0 radical (unpaired) electrons. The van der Waals surface area contributed by atoms with Crippen molar-refractivity contribution in [2.75, 3.05) is 0 Å². The lowest BCUT2D eigenvalue weighted by atomic mass is 9.49. The van der Waals surface area contributed by atoms with Crippen molar-refractivity contribution < 1.29 is 4.79 Å². The van der Waals surface area contributed by atoms with Gasteiger partial charge in [0.25, 0.3) is 0 Å². The molecule has 0 aromatic carbocycles. The minimum Gasteiger partial charge on any atom is -0.352 e. The summed E-state index contributed by atoms with van der Waals surface area (Å²) in [6, 6.07) is 0. The van der Waals surface area contributed by atoms with Crippen LogP contribution >= 0.6 is 0 Å². The van der Waals surface area contributed by atoms with Crippen LogP contribution in [0, 0.1) is 30.1 Å². The zero-order valence-corrected chi connectivity index (χ0v) is 14.5. The molecule has 1 aromatic heterocycles. The van der Waals surface area contributed by atoms with Gasteiger partial charge in [-0.2, -0.15) is 5.10 Å². The molecule has 4 saturated carbocycles. The summed E-state index contributed by atoms with van der Waals surface area (Å²) in [5.41, 5.74) is 2.51. The van der Waals surface area contributed by atoms with Crippen molar-refractivity contribution in [2.24, 2.45) is 23.2 Å². The van der Waals surface area contributed by atoms with Gasteiger partial charge in [0, 0.05) is 31.3 Å². The highest BCUT2D eigenvalue weighted by atomic mass is 16.1. The lowest BCUT2D eigenvalue weighted by molar-refractivity contribution is -0.129. The topological polar surface area (TPSA) is 46.9 Å². The van der Waals surface area contributed by atoms with Crippen LogP contribution in [0.4, 0.5) is 0 Å². The van der Waals surface area contributed by atoms with E-state index in [1.165, 1.54) is 38.5 Å². The van der Waals surface area contributed by atoms with E-state index in [9.17, 15) is 4.79 Å². The van der Waals surface area contributed by atoms with E-state index < -0.39 is 0 Å². The van der Waals surface area contributed by atoms with Gasteiger partial charge in [-0.3, -0.25) is 9.48 Å². The monoisotopic (exact) mass is 315 g/mol. The van der Waals surface area contributed by atoms with Crippen molar-refractivity contribution in [2.45, 2.75) is 71.9 Å². The molecule has 0 saturated heterocycles. The average molecular weight is 315 g/mol. The Kier molecular flexibility index (Phi) is 3.73. The Morgan fingerprint density at radius 3 is 2.39 bits per heavy atom. The summed E-state index contributed by atoms with van der Waals surface area (Å²) < 4.78 is 1.94. The van der Waals surface area contributed by atoms with Crippen LogP contribution in [0.5, 0.6) is 0 Å². The first-order valence-corrected chi connectivity index (χ1v) is 9.35. The summed E-state index contributed by atoms with van der Waals surface area (Å²) in [7, 11) is 0. The third-order valence-electron chi connectivity index (χ3n) is 6.55. The van der Waals surface area contributed by atoms with E-state index >= 15 is 0 Å². The van der Waals surface area contributed by atoms with Crippen molar-refractivity contribution in [1.82, 2.24) is 15.1 Å². The lowest BCUT2D eigenvalue weighted by Gasteiger charge is -2.56. The number of nitrogens with one attached hydrogen (secondary N) is 1. The molecule has 4 fully saturated rings. The molecule has 0 spiro atoms. The molecule has 1 N–H and O–H groups in total. The zero-order chi connectivity index (χ0) is 16.0. The fraction of sp³-hybridized carbons (Fsp3) is 0.789. The van der Waals surface area contributed by atoms with Crippen LogP contribution < -0.4 is 5.32 Å². The molecule has 4 bridgehead atoms. The number of nitrogens with zero attached hydrogens (tertiary/aromatic N) is 2. The number of hydrogen-bond donors (Lipinski definition) is 1. The van der Waals surface area contributed by atoms with Crippen LogP contribution in [0.1, 0.15) is 63.1 Å². The van der Waals surface area contributed by atoms with Crippen LogP contribution in [0.15, 0.2) is 6.20 Å². The van der Waals surface area contributed by atoms with Gasteiger partial charge in [0.05, 0.1) is 5.69 Å². The maximum Gasteiger partial charge on any atom is 0.220 e. The Morgan fingerprint density at radius 2 is 1.87 bits per heavy atom. The van der Waals surface area contributed by atoms with Crippen LogP contribution in [0.2, 0.25) is 0 Å². The Hall–Kier alpha value is -1.32. The highest BCUT2D eigenvalue weighted by Gasteiger charge is 2.51. The van der Waals surface area contributed by atoms with Crippen molar-refractivity contribution in [3.05, 3.63) is 17.5 Å². The predicted octanol–water partition coefficient (Wildman–Crippen LogP) is 3.43. The van der Waals surface area contributed by atoms with Gasteiger partial charge in [0.2, 0.25) is 5.91 Å². The SMILES string of the molecule is CCn1cc(CNC(=O)CC23CC4CC(CC(C4)C2)C3)c(C)n1.